The molecule has 1 atom stereocenters. The van der Waals surface area contributed by atoms with Gasteiger partial charge < -0.3 is 4.57 Å². The molecule has 0 aliphatic carbocycles. The van der Waals surface area contributed by atoms with Gasteiger partial charge >= 0.3 is 0 Å². The molecule has 284 valence electrons. The van der Waals surface area contributed by atoms with Gasteiger partial charge in [0.05, 0.1) is 33.5 Å². The van der Waals surface area contributed by atoms with Crippen LogP contribution in [0.3, 0.4) is 0 Å². The zero-order chi connectivity index (χ0) is 39.8. The number of rotatable bonds is 4. The third-order valence-corrected chi connectivity index (χ3v) is 14.0. The molecule has 4 heterocycles. The standard InChI is InChI=1S/C56H39N3S/c1-36-33-34-48(57-55(38-19-6-3-7-20-38)58-52(36)37-17-4-2-5-18-37)40-22-14-21-39(35-40)41-24-15-29-47-54(41)60-51-32-13-10-27-45(51)56(47)44-26-9-12-31-50(44)59-49-30-11-8-23-42(49)43-25-16-28-46(56)53(43)59/h2-32,35H,33-34H2,1H3/b52-36+,57-48+,58-55-. The van der Waals surface area contributed by atoms with E-state index in [-0.39, 0.29) is 0 Å². The van der Waals surface area contributed by atoms with Crippen molar-refractivity contribution in [2.24, 2.45) is 9.98 Å². The van der Waals surface area contributed by atoms with E-state index < -0.39 is 5.41 Å². The smallest absolute Gasteiger partial charge is 0.160 e. The van der Waals surface area contributed by atoms with Gasteiger partial charge in [-0.2, -0.15) is 0 Å². The molecule has 3 aliphatic rings. The van der Waals surface area contributed by atoms with Crippen LogP contribution in [0.15, 0.2) is 219 Å². The monoisotopic (exact) mass is 785 g/mol. The second-order valence-electron chi connectivity index (χ2n) is 16.0. The molecule has 3 nitrogen and oxygen atoms in total. The topological polar surface area (TPSA) is 29.6 Å². The molecule has 8 aromatic carbocycles. The first-order valence-electron chi connectivity index (χ1n) is 20.8. The van der Waals surface area contributed by atoms with Crippen molar-refractivity contribution in [3.8, 4) is 16.8 Å². The van der Waals surface area contributed by atoms with Crippen molar-refractivity contribution in [3.63, 3.8) is 0 Å². The summed E-state index contributed by atoms with van der Waals surface area (Å²) in [5, 5.41) is 2.57. The number of allylic oxidation sites excluding steroid dienone is 1. The maximum Gasteiger partial charge on any atom is 0.160 e. The molecule has 0 amide bonds. The summed E-state index contributed by atoms with van der Waals surface area (Å²) in [5.41, 5.74) is 17.5. The molecular formula is C56H39N3S. The van der Waals surface area contributed by atoms with Crippen molar-refractivity contribution < 1.29 is 0 Å². The Hall–Kier alpha value is -7.01. The summed E-state index contributed by atoms with van der Waals surface area (Å²) >= 11 is 1.90. The molecule has 9 aromatic rings. The average Bonchev–Trinajstić information content (AvgIpc) is 3.65. The predicted octanol–water partition coefficient (Wildman–Crippen LogP) is 14.1. The molecule has 3 aliphatic heterocycles. The minimum atomic E-state index is -0.531. The number of nitrogens with zero attached hydrogens (tertiary/aromatic N) is 3. The van der Waals surface area contributed by atoms with Crippen molar-refractivity contribution in [3.05, 3.63) is 239 Å². The Kier molecular flexibility index (Phi) is 8.04. The molecule has 0 N–H and O–H groups in total. The van der Waals surface area contributed by atoms with E-state index in [1.54, 1.807) is 0 Å². The summed E-state index contributed by atoms with van der Waals surface area (Å²) < 4.78 is 2.51. The molecule has 1 unspecified atom stereocenters. The average molecular weight is 786 g/mol. The molecule has 0 radical (unpaired) electrons. The van der Waals surface area contributed by atoms with Gasteiger partial charge in [-0.1, -0.05) is 182 Å². The number of amidine groups is 1. The van der Waals surface area contributed by atoms with Gasteiger partial charge in [0.1, 0.15) is 0 Å². The Labute approximate surface area is 354 Å². The normalized spacial score (nSPS) is 19.7. The first kappa shape index (κ1) is 35.0. The van der Waals surface area contributed by atoms with E-state index in [1.165, 1.54) is 76.2 Å². The largest absolute Gasteiger partial charge is 0.309 e. The third kappa shape index (κ3) is 5.17. The molecule has 60 heavy (non-hydrogen) atoms. The summed E-state index contributed by atoms with van der Waals surface area (Å²) in [6.45, 7) is 2.22. The molecule has 1 spiro atoms. The van der Waals surface area contributed by atoms with Crippen molar-refractivity contribution >= 4 is 50.8 Å². The van der Waals surface area contributed by atoms with Crippen molar-refractivity contribution in [2.75, 3.05) is 0 Å². The minimum absolute atomic E-state index is 0.531. The molecule has 1 aromatic heterocycles. The number of benzene rings is 8. The second kappa shape index (κ2) is 13.8. The maximum atomic E-state index is 5.42. The van der Waals surface area contributed by atoms with Gasteiger partial charge in [-0.3, -0.25) is 0 Å². The van der Waals surface area contributed by atoms with E-state index in [1.807, 2.05) is 17.8 Å². The lowest BCUT2D eigenvalue weighted by Crippen LogP contribution is -2.37. The number of hydrogen-bond acceptors (Lipinski definition) is 3. The maximum absolute atomic E-state index is 5.42. The molecule has 4 heteroatoms. The molecule has 12 rings (SSSR count). The van der Waals surface area contributed by atoms with Crippen LogP contribution in [0.25, 0.3) is 44.3 Å². The highest BCUT2D eigenvalue weighted by Crippen LogP contribution is 2.61. The van der Waals surface area contributed by atoms with E-state index in [4.69, 9.17) is 9.98 Å². The van der Waals surface area contributed by atoms with Crippen molar-refractivity contribution in [1.29, 1.82) is 0 Å². The Balaban J connectivity index is 1.06. The van der Waals surface area contributed by atoms with Crippen LogP contribution < -0.4 is 0 Å². The highest BCUT2D eigenvalue weighted by molar-refractivity contribution is 7.99. The van der Waals surface area contributed by atoms with Gasteiger partial charge in [-0.15, -0.1) is 0 Å². The minimum Gasteiger partial charge on any atom is -0.309 e. The molecule has 0 saturated carbocycles. The predicted molar refractivity (Wildman–Crippen MR) is 250 cm³/mol. The fourth-order valence-electron chi connectivity index (χ4n) is 10.1. The zero-order valence-electron chi connectivity index (χ0n) is 33.1. The van der Waals surface area contributed by atoms with E-state index in [0.717, 1.165) is 46.8 Å². The van der Waals surface area contributed by atoms with Crippen LogP contribution >= 0.6 is 11.8 Å². The van der Waals surface area contributed by atoms with Crippen LogP contribution in [0, 0.1) is 0 Å². The highest BCUT2D eigenvalue weighted by atomic mass is 32.2. The van der Waals surface area contributed by atoms with E-state index in [0.29, 0.717) is 0 Å². The summed E-state index contributed by atoms with van der Waals surface area (Å²) in [6.07, 6.45) is 1.68. The van der Waals surface area contributed by atoms with Gasteiger partial charge in [-0.25, -0.2) is 9.98 Å². The number of para-hydroxylation sites is 3. The Bertz CT molecular complexity index is 3300. The summed E-state index contributed by atoms with van der Waals surface area (Å²) in [5.74, 6) is 0.739. The zero-order valence-corrected chi connectivity index (χ0v) is 34.0. The van der Waals surface area contributed by atoms with Gasteiger partial charge in [0.25, 0.3) is 0 Å². The fraction of sp³-hybridized carbons (Fsp3) is 0.0714. The van der Waals surface area contributed by atoms with Gasteiger partial charge in [0, 0.05) is 31.7 Å². The lowest BCUT2D eigenvalue weighted by molar-refractivity contribution is 0.690. The first-order chi connectivity index (χ1) is 29.7. The van der Waals surface area contributed by atoms with Crippen molar-refractivity contribution in [2.45, 2.75) is 35.0 Å². The lowest BCUT2D eigenvalue weighted by Gasteiger charge is -2.45. The molecule has 0 bridgehead atoms. The fourth-order valence-corrected chi connectivity index (χ4v) is 11.4. The number of hydrogen-bond donors (Lipinski definition) is 0. The van der Waals surface area contributed by atoms with E-state index in [2.05, 4.69) is 200 Å². The number of aliphatic imine (C=N–C) groups is 2. The number of aromatic nitrogens is 1. The SMILES string of the molecule is C\C1=C(c2ccccc2)/N=C(c2ccccc2)\N=C(\c2cccc(-c3cccc4c3Sc3ccccc3C43c4ccccc4-n4c5ccccc5c5cccc3c54)c2)CC1. The summed E-state index contributed by atoms with van der Waals surface area (Å²) in [4.78, 5) is 13.3. The molecular weight excluding hydrogens is 747 g/mol. The van der Waals surface area contributed by atoms with Gasteiger partial charge in [0.2, 0.25) is 0 Å². The first-order valence-corrected chi connectivity index (χ1v) is 21.6. The van der Waals surface area contributed by atoms with Crippen LogP contribution in [0.1, 0.15) is 58.7 Å². The van der Waals surface area contributed by atoms with Crippen LogP contribution in [0.5, 0.6) is 0 Å². The summed E-state index contributed by atoms with van der Waals surface area (Å²) in [6, 6.07) is 71.0. The lowest BCUT2D eigenvalue weighted by atomic mass is 9.62. The van der Waals surface area contributed by atoms with Crippen LogP contribution in [-0.2, 0) is 5.41 Å². The molecule has 0 saturated heterocycles. The highest BCUT2D eigenvalue weighted by Gasteiger charge is 2.49. The third-order valence-electron chi connectivity index (χ3n) is 12.8. The Morgan fingerprint density at radius 1 is 0.500 bits per heavy atom. The second-order valence-corrected chi connectivity index (χ2v) is 17.1. The van der Waals surface area contributed by atoms with Crippen molar-refractivity contribution in [1.82, 2.24) is 4.57 Å². The van der Waals surface area contributed by atoms with Crippen LogP contribution in [0.4, 0.5) is 0 Å². The van der Waals surface area contributed by atoms with E-state index in [9.17, 15) is 0 Å². The Morgan fingerprint density at radius 2 is 1.13 bits per heavy atom. The number of fused-ring (bicyclic) bond motifs is 11. The van der Waals surface area contributed by atoms with Crippen LogP contribution in [0.2, 0.25) is 0 Å². The Morgan fingerprint density at radius 3 is 2.00 bits per heavy atom. The molecule has 0 fully saturated rings. The quantitative estimate of drug-likeness (QED) is 0.175. The van der Waals surface area contributed by atoms with Gasteiger partial charge in [-0.05, 0) is 88.5 Å². The summed E-state index contributed by atoms with van der Waals surface area (Å²) in [7, 11) is 0. The van der Waals surface area contributed by atoms with E-state index >= 15 is 0 Å². The van der Waals surface area contributed by atoms with Gasteiger partial charge in [0.15, 0.2) is 5.84 Å². The van der Waals surface area contributed by atoms with Crippen LogP contribution in [-0.4, -0.2) is 16.1 Å².